The zero-order chi connectivity index (χ0) is 29.3. The largest absolute Gasteiger partial charge is 0.479 e. The first kappa shape index (κ1) is 30.6. The van der Waals surface area contributed by atoms with Crippen LogP contribution in [0.25, 0.3) is 0 Å². The lowest BCUT2D eigenvalue weighted by Crippen LogP contribution is -2.65. The van der Waals surface area contributed by atoms with Crippen molar-refractivity contribution >= 4 is 17.6 Å². The van der Waals surface area contributed by atoms with Gasteiger partial charge in [-0.2, -0.15) is 13.2 Å². The van der Waals surface area contributed by atoms with Crippen molar-refractivity contribution in [2.24, 2.45) is 0 Å². The molecule has 0 aliphatic heterocycles. The summed E-state index contributed by atoms with van der Waals surface area (Å²) >= 11 is 0. The van der Waals surface area contributed by atoms with Crippen LogP contribution in [0.4, 0.5) is 18.9 Å². The highest BCUT2D eigenvalue weighted by molar-refractivity contribution is 5.84. The Morgan fingerprint density at radius 3 is 1.77 bits per heavy atom. The Bertz CT molecular complexity index is 1200. The number of hydrogen-bond acceptors (Lipinski definition) is 6. The van der Waals surface area contributed by atoms with Crippen molar-refractivity contribution in [3.05, 3.63) is 102 Å². The van der Waals surface area contributed by atoms with E-state index in [1.807, 2.05) is 65.6 Å². The zero-order valence-electron chi connectivity index (χ0n) is 22.7. The summed E-state index contributed by atoms with van der Waals surface area (Å²) in [5, 5.41) is 12.1. The van der Waals surface area contributed by atoms with Crippen molar-refractivity contribution in [2.75, 3.05) is 32.1 Å². The molecule has 10 heteroatoms. The van der Waals surface area contributed by atoms with Crippen molar-refractivity contribution in [2.45, 2.75) is 37.8 Å². The molecule has 0 aliphatic carbocycles. The Hall–Kier alpha value is -3.89. The molecule has 3 aromatic rings. The number of carbonyl (C=O) groups is 2. The minimum absolute atomic E-state index is 0.0656. The maximum absolute atomic E-state index is 14.7. The quantitative estimate of drug-likeness (QED) is 0.292. The molecule has 0 radical (unpaired) electrons. The van der Waals surface area contributed by atoms with Crippen molar-refractivity contribution in [3.63, 3.8) is 0 Å². The van der Waals surface area contributed by atoms with Crippen molar-refractivity contribution in [1.29, 1.82) is 0 Å². The smallest absolute Gasteiger partial charge is 0.421 e. The van der Waals surface area contributed by atoms with Crippen LogP contribution >= 0.6 is 0 Å². The Morgan fingerprint density at radius 2 is 1.38 bits per heavy atom. The highest BCUT2D eigenvalue weighted by Crippen LogP contribution is 2.41. The Balaban J connectivity index is 2.04. The molecule has 2 N–H and O–H groups in total. The fraction of sp³-hybridized carbons (Fsp3) is 0.333. The van der Waals surface area contributed by atoms with Gasteiger partial charge in [-0.05, 0) is 49.8 Å². The van der Waals surface area contributed by atoms with E-state index in [1.165, 1.54) is 24.0 Å². The van der Waals surface area contributed by atoms with Gasteiger partial charge < -0.3 is 19.6 Å². The molecule has 0 fully saturated rings. The minimum Gasteiger partial charge on any atom is -0.479 e. The third-order valence-corrected chi connectivity index (χ3v) is 6.35. The molecule has 0 bridgehead atoms. The Labute approximate surface area is 232 Å². The number of likely N-dealkylation sites (N-methyl/N-ethyl adjacent to an activating group) is 1. The number of nitrogens with one attached hydrogen (secondary N) is 1. The van der Waals surface area contributed by atoms with Gasteiger partial charge in [0.05, 0.1) is 6.61 Å². The molecule has 0 saturated carbocycles. The number of ether oxygens (including phenoxy) is 1. The van der Waals surface area contributed by atoms with E-state index in [2.05, 4.69) is 5.32 Å². The third-order valence-electron chi connectivity index (χ3n) is 6.35. The van der Waals surface area contributed by atoms with E-state index in [9.17, 15) is 27.9 Å². The van der Waals surface area contributed by atoms with Crippen LogP contribution in [0.15, 0.2) is 84.9 Å². The average molecular weight is 558 g/mol. The van der Waals surface area contributed by atoms with Crippen molar-refractivity contribution in [1.82, 2.24) is 10.2 Å². The van der Waals surface area contributed by atoms with Gasteiger partial charge in [-0.1, -0.05) is 72.8 Å². The van der Waals surface area contributed by atoms with E-state index < -0.39 is 35.3 Å². The predicted molar refractivity (Wildman–Crippen MR) is 147 cm³/mol. The van der Waals surface area contributed by atoms with Gasteiger partial charge in [0.15, 0.2) is 0 Å². The molecule has 0 amide bonds. The van der Waals surface area contributed by atoms with E-state index in [0.717, 1.165) is 23.3 Å². The monoisotopic (exact) mass is 557 g/mol. The number of aliphatic carboxylic acids is 1. The molecule has 0 aromatic heterocycles. The first-order valence-electron chi connectivity index (χ1n) is 12.8. The third kappa shape index (κ3) is 7.40. The fourth-order valence-corrected chi connectivity index (χ4v) is 4.45. The number of esters is 1. The number of benzene rings is 3. The first-order chi connectivity index (χ1) is 19.0. The number of carboxylic acids is 1. The number of halogens is 3. The molecule has 0 saturated heterocycles. The SMILES string of the molecule is CCOC(=O)C(CN(C)C)NC(C(=O)O)(c1ccc(N(Cc2ccccc2)Cc2ccccc2)cc1)C(F)(F)F. The normalized spacial score (nSPS) is 13.9. The molecule has 0 spiro atoms. The summed E-state index contributed by atoms with van der Waals surface area (Å²) in [6.45, 7) is 2.21. The van der Waals surface area contributed by atoms with Crippen LogP contribution in [-0.4, -0.2) is 61.4 Å². The number of alkyl halides is 3. The Morgan fingerprint density at radius 1 is 0.875 bits per heavy atom. The average Bonchev–Trinajstić information content (AvgIpc) is 2.91. The van der Waals surface area contributed by atoms with Gasteiger partial charge in [0, 0.05) is 25.3 Å². The second kappa shape index (κ2) is 13.5. The molecule has 3 aromatic carbocycles. The second-order valence-electron chi connectivity index (χ2n) is 9.64. The lowest BCUT2D eigenvalue weighted by Gasteiger charge is -2.36. The molecule has 7 nitrogen and oxygen atoms in total. The van der Waals surface area contributed by atoms with E-state index in [1.54, 1.807) is 14.1 Å². The molecule has 2 unspecified atom stereocenters. The van der Waals surface area contributed by atoms with Gasteiger partial charge in [-0.15, -0.1) is 0 Å². The van der Waals surface area contributed by atoms with Gasteiger partial charge in [0.1, 0.15) is 6.04 Å². The topological polar surface area (TPSA) is 82.1 Å². The summed E-state index contributed by atoms with van der Waals surface area (Å²) in [5.74, 6) is -3.15. The molecule has 3 rings (SSSR count). The predicted octanol–water partition coefficient (Wildman–Crippen LogP) is 4.82. The molecule has 0 aliphatic rings. The number of rotatable bonds is 13. The molecule has 214 valence electrons. The van der Waals surface area contributed by atoms with Crippen LogP contribution in [0.2, 0.25) is 0 Å². The summed E-state index contributed by atoms with van der Waals surface area (Å²) in [4.78, 5) is 28.4. The van der Waals surface area contributed by atoms with E-state index in [0.29, 0.717) is 18.8 Å². The number of anilines is 1. The molecule has 2 atom stereocenters. The van der Waals surface area contributed by atoms with Gasteiger partial charge in [0.2, 0.25) is 5.54 Å². The van der Waals surface area contributed by atoms with E-state index in [-0.39, 0.29) is 13.2 Å². The summed E-state index contributed by atoms with van der Waals surface area (Å²) in [6.07, 6.45) is -5.29. The van der Waals surface area contributed by atoms with Gasteiger partial charge in [-0.3, -0.25) is 10.1 Å². The van der Waals surface area contributed by atoms with Crippen LogP contribution in [0.1, 0.15) is 23.6 Å². The van der Waals surface area contributed by atoms with Crippen LogP contribution in [-0.2, 0) is 33.0 Å². The molecular formula is C30H34F3N3O4. The van der Waals surface area contributed by atoms with Gasteiger partial charge in [0.25, 0.3) is 0 Å². The van der Waals surface area contributed by atoms with Crippen LogP contribution in [0.3, 0.4) is 0 Å². The second-order valence-corrected chi connectivity index (χ2v) is 9.64. The maximum Gasteiger partial charge on any atom is 0.421 e. The standard InChI is InChI=1S/C30H34F3N3O4/c1-4-40-27(37)26(21-35(2)3)34-29(28(38)39,30(31,32)33)24-15-17-25(18-16-24)36(19-22-11-7-5-8-12-22)20-23-13-9-6-10-14-23/h5-18,26,34H,4,19-21H2,1-3H3,(H,38,39). The van der Waals surface area contributed by atoms with Gasteiger partial charge in [-0.25, -0.2) is 4.79 Å². The Kier molecular flexibility index (Phi) is 10.3. The number of hydrogen-bond donors (Lipinski definition) is 2. The van der Waals surface area contributed by atoms with Crippen LogP contribution < -0.4 is 10.2 Å². The van der Waals surface area contributed by atoms with Crippen LogP contribution in [0, 0.1) is 0 Å². The summed E-state index contributed by atoms with van der Waals surface area (Å²) < 4.78 is 49.0. The summed E-state index contributed by atoms with van der Waals surface area (Å²) in [5.41, 5.74) is -1.50. The molecule has 40 heavy (non-hydrogen) atoms. The summed E-state index contributed by atoms with van der Waals surface area (Å²) in [6, 6.07) is 22.9. The van der Waals surface area contributed by atoms with Gasteiger partial charge >= 0.3 is 18.1 Å². The highest BCUT2D eigenvalue weighted by atomic mass is 19.4. The number of carbonyl (C=O) groups excluding carboxylic acids is 1. The fourth-order valence-electron chi connectivity index (χ4n) is 4.45. The number of carboxylic acid groups (broad SMARTS) is 1. The van der Waals surface area contributed by atoms with Crippen molar-refractivity contribution in [3.8, 4) is 0 Å². The van der Waals surface area contributed by atoms with Crippen molar-refractivity contribution < 1.29 is 32.6 Å². The lowest BCUT2D eigenvalue weighted by atomic mass is 9.87. The molecular weight excluding hydrogens is 523 g/mol. The maximum atomic E-state index is 14.7. The van der Waals surface area contributed by atoms with E-state index >= 15 is 0 Å². The highest BCUT2D eigenvalue weighted by Gasteiger charge is 2.63. The van der Waals surface area contributed by atoms with Crippen LogP contribution in [0.5, 0.6) is 0 Å². The lowest BCUT2D eigenvalue weighted by molar-refractivity contribution is -0.216. The first-order valence-corrected chi connectivity index (χ1v) is 12.8. The van der Waals surface area contributed by atoms with E-state index in [4.69, 9.17) is 4.74 Å². The zero-order valence-corrected chi connectivity index (χ0v) is 22.7. The molecule has 0 heterocycles. The number of nitrogens with zero attached hydrogens (tertiary/aromatic N) is 2. The minimum atomic E-state index is -5.29. The summed E-state index contributed by atoms with van der Waals surface area (Å²) in [7, 11) is 3.12.